The molecule has 98 valence electrons. The van der Waals surface area contributed by atoms with Crippen molar-refractivity contribution in [2.75, 3.05) is 6.54 Å². The molecule has 5 nitrogen and oxygen atoms in total. The summed E-state index contributed by atoms with van der Waals surface area (Å²) in [5, 5.41) is 15.7. The van der Waals surface area contributed by atoms with E-state index in [9.17, 15) is 4.39 Å². The Morgan fingerprint density at radius 2 is 2.32 bits per heavy atom. The molecule has 19 heavy (non-hydrogen) atoms. The van der Waals surface area contributed by atoms with Crippen LogP contribution in [-0.2, 0) is 0 Å². The SMILES string of the molecule is CCNC(C)c1ccc(-n2cnc(C#N)n2)c(F)c1. The topological polar surface area (TPSA) is 66.5 Å². The molecule has 0 aliphatic heterocycles. The quantitative estimate of drug-likeness (QED) is 0.911. The van der Waals surface area contributed by atoms with E-state index in [2.05, 4.69) is 15.4 Å². The van der Waals surface area contributed by atoms with Gasteiger partial charge in [-0.15, -0.1) is 5.10 Å². The molecule has 1 aromatic carbocycles. The van der Waals surface area contributed by atoms with Crippen molar-refractivity contribution < 1.29 is 4.39 Å². The van der Waals surface area contributed by atoms with Gasteiger partial charge in [-0.3, -0.25) is 0 Å². The number of nitriles is 1. The predicted molar refractivity (Wildman–Crippen MR) is 68.1 cm³/mol. The van der Waals surface area contributed by atoms with E-state index in [1.54, 1.807) is 6.07 Å². The fourth-order valence-corrected chi connectivity index (χ4v) is 1.83. The molecule has 0 bridgehead atoms. The Hall–Kier alpha value is -2.26. The molecule has 2 rings (SSSR count). The molecular formula is C13H14FN5. The number of hydrogen-bond donors (Lipinski definition) is 1. The van der Waals surface area contributed by atoms with Gasteiger partial charge in [0.15, 0.2) is 0 Å². The van der Waals surface area contributed by atoms with Crippen molar-refractivity contribution in [3.63, 3.8) is 0 Å². The normalized spacial score (nSPS) is 12.1. The maximum absolute atomic E-state index is 14.1. The number of rotatable bonds is 4. The van der Waals surface area contributed by atoms with Crippen LogP contribution in [0.3, 0.4) is 0 Å². The van der Waals surface area contributed by atoms with E-state index in [1.807, 2.05) is 26.0 Å². The summed E-state index contributed by atoms with van der Waals surface area (Å²) in [6, 6.07) is 6.82. The molecule has 0 fully saturated rings. The lowest BCUT2D eigenvalue weighted by molar-refractivity contribution is 0.577. The maximum atomic E-state index is 14.1. The molecule has 0 amide bonds. The van der Waals surface area contributed by atoms with Crippen LogP contribution in [0, 0.1) is 17.1 Å². The number of benzene rings is 1. The Bertz CT molecular complexity index is 614. The molecule has 0 aliphatic rings. The first-order valence-electron chi connectivity index (χ1n) is 6.00. The van der Waals surface area contributed by atoms with Gasteiger partial charge in [0.1, 0.15) is 23.9 Å². The molecule has 2 aromatic rings. The Morgan fingerprint density at radius 3 is 2.89 bits per heavy atom. The third-order valence-corrected chi connectivity index (χ3v) is 2.82. The third-order valence-electron chi connectivity index (χ3n) is 2.82. The number of nitrogens with zero attached hydrogens (tertiary/aromatic N) is 4. The van der Waals surface area contributed by atoms with E-state index in [1.165, 1.54) is 17.1 Å². The van der Waals surface area contributed by atoms with Crippen LogP contribution < -0.4 is 5.32 Å². The highest BCUT2D eigenvalue weighted by Crippen LogP contribution is 2.19. The van der Waals surface area contributed by atoms with Crippen LogP contribution in [0.2, 0.25) is 0 Å². The van der Waals surface area contributed by atoms with E-state index in [4.69, 9.17) is 5.26 Å². The van der Waals surface area contributed by atoms with Gasteiger partial charge in [-0.1, -0.05) is 13.0 Å². The Labute approximate surface area is 110 Å². The maximum Gasteiger partial charge on any atom is 0.252 e. The molecule has 6 heteroatoms. The summed E-state index contributed by atoms with van der Waals surface area (Å²) in [5.74, 6) is -0.374. The molecule has 1 unspecified atom stereocenters. The Balaban J connectivity index is 2.31. The van der Waals surface area contributed by atoms with Gasteiger partial charge in [0.2, 0.25) is 0 Å². The summed E-state index contributed by atoms with van der Waals surface area (Å²) in [6.45, 7) is 4.79. The first kappa shape index (κ1) is 13.2. The molecule has 1 atom stereocenters. The van der Waals surface area contributed by atoms with E-state index >= 15 is 0 Å². The van der Waals surface area contributed by atoms with Gasteiger partial charge in [-0.05, 0) is 31.2 Å². The average Bonchev–Trinajstić information content (AvgIpc) is 2.87. The second-order valence-electron chi connectivity index (χ2n) is 4.11. The summed E-state index contributed by atoms with van der Waals surface area (Å²) >= 11 is 0. The molecule has 1 N–H and O–H groups in total. The molecule has 0 radical (unpaired) electrons. The minimum Gasteiger partial charge on any atom is -0.310 e. The van der Waals surface area contributed by atoms with Crippen molar-refractivity contribution in [3.05, 3.63) is 41.7 Å². The van der Waals surface area contributed by atoms with Crippen molar-refractivity contribution in [3.8, 4) is 11.8 Å². The summed E-state index contributed by atoms with van der Waals surface area (Å²) < 4.78 is 15.3. The second kappa shape index (κ2) is 5.59. The van der Waals surface area contributed by atoms with Crippen molar-refractivity contribution in [1.29, 1.82) is 5.26 Å². The van der Waals surface area contributed by atoms with Crippen LogP contribution in [0.15, 0.2) is 24.5 Å². The smallest absolute Gasteiger partial charge is 0.252 e. The van der Waals surface area contributed by atoms with E-state index in [0.29, 0.717) is 0 Å². The van der Waals surface area contributed by atoms with Crippen LogP contribution in [0.5, 0.6) is 0 Å². The largest absolute Gasteiger partial charge is 0.310 e. The molecule has 0 spiro atoms. The monoisotopic (exact) mass is 259 g/mol. The van der Waals surface area contributed by atoms with E-state index in [0.717, 1.165) is 12.1 Å². The van der Waals surface area contributed by atoms with E-state index < -0.39 is 5.82 Å². The Kier molecular flexibility index (Phi) is 3.88. The number of aromatic nitrogens is 3. The lowest BCUT2D eigenvalue weighted by Crippen LogP contribution is -2.18. The van der Waals surface area contributed by atoms with Crippen LogP contribution in [0.4, 0.5) is 4.39 Å². The minimum absolute atomic E-state index is 0.0181. The van der Waals surface area contributed by atoms with Gasteiger partial charge < -0.3 is 5.32 Å². The first-order valence-corrected chi connectivity index (χ1v) is 6.00. The zero-order valence-corrected chi connectivity index (χ0v) is 10.8. The van der Waals surface area contributed by atoms with Crippen molar-refractivity contribution in [1.82, 2.24) is 20.1 Å². The molecule has 0 saturated heterocycles. The first-order chi connectivity index (χ1) is 9.15. The number of hydrogen-bond acceptors (Lipinski definition) is 4. The lowest BCUT2D eigenvalue weighted by Gasteiger charge is -2.13. The summed E-state index contributed by atoms with van der Waals surface area (Å²) in [4.78, 5) is 3.75. The molecule has 0 aliphatic carbocycles. The van der Waals surface area contributed by atoms with Crippen molar-refractivity contribution >= 4 is 0 Å². The number of nitrogens with one attached hydrogen (secondary N) is 1. The fourth-order valence-electron chi connectivity index (χ4n) is 1.83. The van der Waals surface area contributed by atoms with Gasteiger partial charge in [0.25, 0.3) is 5.82 Å². The third kappa shape index (κ3) is 2.77. The fraction of sp³-hybridized carbons (Fsp3) is 0.308. The molecule has 0 saturated carbocycles. The molecule has 1 heterocycles. The molecule has 1 aromatic heterocycles. The highest BCUT2D eigenvalue weighted by molar-refractivity contribution is 5.36. The van der Waals surface area contributed by atoms with Gasteiger partial charge in [-0.25, -0.2) is 14.1 Å². The standard InChI is InChI=1S/C13H14FN5/c1-3-16-9(2)10-4-5-12(11(14)6-10)19-8-17-13(7-15)18-19/h4-6,8-9,16H,3H2,1-2H3. The van der Waals surface area contributed by atoms with Crippen LogP contribution >= 0.6 is 0 Å². The van der Waals surface area contributed by atoms with Crippen LogP contribution in [0.1, 0.15) is 31.3 Å². The highest BCUT2D eigenvalue weighted by Gasteiger charge is 2.11. The lowest BCUT2D eigenvalue weighted by atomic mass is 10.1. The summed E-state index contributed by atoms with van der Waals surface area (Å²) in [7, 11) is 0. The van der Waals surface area contributed by atoms with Gasteiger partial charge in [0.05, 0.1) is 0 Å². The van der Waals surface area contributed by atoms with Gasteiger partial charge in [0, 0.05) is 6.04 Å². The van der Waals surface area contributed by atoms with Gasteiger partial charge in [-0.2, -0.15) is 5.26 Å². The van der Waals surface area contributed by atoms with Crippen molar-refractivity contribution in [2.24, 2.45) is 0 Å². The summed E-state index contributed by atoms with van der Waals surface area (Å²) in [5.41, 5.74) is 1.14. The molecular weight excluding hydrogens is 245 g/mol. The van der Waals surface area contributed by atoms with E-state index in [-0.39, 0.29) is 17.6 Å². The second-order valence-corrected chi connectivity index (χ2v) is 4.11. The average molecular weight is 259 g/mol. The summed E-state index contributed by atoms with van der Waals surface area (Å²) in [6.07, 6.45) is 1.32. The zero-order valence-electron chi connectivity index (χ0n) is 10.8. The number of halogens is 1. The highest BCUT2D eigenvalue weighted by atomic mass is 19.1. The van der Waals surface area contributed by atoms with Crippen LogP contribution in [0.25, 0.3) is 5.69 Å². The van der Waals surface area contributed by atoms with Crippen molar-refractivity contribution in [2.45, 2.75) is 19.9 Å². The minimum atomic E-state index is -0.392. The van der Waals surface area contributed by atoms with Gasteiger partial charge >= 0.3 is 0 Å². The zero-order chi connectivity index (χ0) is 13.8. The Morgan fingerprint density at radius 1 is 1.53 bits per heavy atom. The van der Waals surface area contributed by atoms with Crippen LogP contribution in [-0.4, -0.2) is 21.3 Å². The predicted octanol–water partition coefficient (Wildman–Crippen LogP) is 1.95.